The minimum absolute atomic E-state index is 0.0214. The normalized spacial score (nSPS) is 21.4. The van der Waals surface area contributed by atoms with E-state index < -0.39 is 10.0 Å². The molecule has 0 saturated carbocycles. The van der Waals surface area contributed by atoms with Crippen LogP contribution in [0.2, 0.25) is 0 Å². The average molecular weight is 477 g/mol. The first kappa shape index (κ1) is 22.6. The zero-order valence-electron chi connectivity index (χ0n) is 19.2. The third kappa shape index (κ3) is 4.21. The number of hydrogen-bond acceptors (Lipinski definition) is 5. The van der Waals surface area contributed by atoms with Gasteiger partial charge in [-0.2, -0.15) is 0 Å². The van der Waals surface area contributed by atoms with Gasteiger partial charge < -0.3 is 10.1 Å². The molecule has 7 heteroatoms. The molecule has 3 atom stereocenters. The predicted molar refractivity (Wildman–Crippen MR) is 132 cm³/mol. The number of carbonyl (C=O) groups is 1. The molecule has 0 aromatic heterocycles. The van der Waals surface area contributed by atoms with Gasteiger partial charge in [0, 0.05) is 40.9 Å². The molecule has 0 bridgehead atoms. The number of Topliss-reactive ketones (excluding diaryl/α,β-unsaturated/α-hetero) is 1. The van der Waals surface area contributed by atoms with Crippen LogP contribution in [0.1, 0.15) is 53.9 Å². The Kier molecular flexibility index (Phi) is 5.91. The fourth-order valence-corrected chi connectivity index (χ4v) is 5.95. The second-order valence-electron chi connectivity index (χ2n) is 9.23. The van der Waals surface area contributed by atoms with Gasteiger partial charge in [0.25, 0.3) is 10.0 Å². The summed E-state index contributed by atoms with van der Waals surface area (Å²) in [7, 11) is -3.73. The molecule has 2 aliphatic rings. The molecule has 0 amide bonds. The first-order valence-corrected chi connectivity index (χ1v) is 13.1. The van der Waals surface area contributed by atoms with Crippen LogP contribution in [0.15, 0.2) is 77.7 Å². The van der Waals surface area contributed by atoms with Crippen molar-refractivity contribution >= 4 is 27.2 Å². The summed E-state index contributed by atoms with van der Waals surface area (Å²) in [4.78, 5) is 12.5. The number of hydrogen-bond donors (Lipinski definition) is 2. The molecule has 6 nitrogen and oxygen atoms in total. The molecular weight excluding hydrogens is 448 g/mol. The number of sulfonamides is 1. The van der Waals surface area contributed by atoms with E-state index in [2.05, 4.69) is 10.0 Å². The van der Waals surface area contributed by atoms with Crippen molar-refractivity contribution in [1.82, 2.24) is 0 Å². The Labute approximate surface area is 200 Å². The summed E-state index contributed by atoms with van der Waals surface area (Å²) in [5, 5.41) is 3.60. The van der Waals surface area contributed by atoms with Crippen LogP contribution in [0.4, 0.5) is 11.4 Å². The fourth-order valence-electron chi connectivity index (χ4n) is 4.86. The fraction of sp³-hybridized carbons (Fsp3) is 0.296. The summed E-state index contributed by atoms with van der Waals surface area (Å²) >= 11 is 0. The minimum atomic E-state index is -3.73. The first-order chi connectivity index (χ1) is 16.3. The quantitative estimate of drug-likeness (QED) is 0.454. The van der Waals surface area contributed by atoms with Crippen molar-refractivity contribution in [1.29, 1.82) is 0 Å². The highest BCUT2D eigenvalue weighted by Gasteiger charge is 2.42. The zero-order chi connectivity index (χ0) is 23.9. The Bertz CT molecular complexity index is 1300. The van der Waals surface area contributed by atoms with Gasteiger partial charge in [0.2, 0.25) is 0 Å². The number of nitrogens with one attached hydrogen (secondary N) is 2. The van der Waals surface area contributed by atoms with Gasteiger partial charge in [0.05, 0.1) is 17.0 Å². The Morgan fingerprint density at radius 1 is 1.03 bits per heavy atom. The van der Waals surface area contributed by atoms with Crippen molar-refractivity contribution in [3.8, 4) is 0 Å². The molecule has 2 N–H and O–H groups in total. The Balaban J connectivity index is 1.44. The van der Waals surface area contributed by atoms with E-state index in [4.69, 9.17) is 4.74 Å². The lowest BCUT2D eigenvalue weighted by molar-refractivity contribution is 0.0827. The van der Waals surface area contributed by atoms with Gasteiger partial charge >= 0.3 is 0 Å². The number of ether oxygens (including phenoxy) is 1. The van der Waals surface area contributed by atoms with E-state index in [1.807, 2.05) is 50.2 Å². The van der Waals surface area contributed by atoms with Gasteiger partial charge in [-0.15, -0.1) is 0 Å². The summed E-state index contributed by atoms with van der Waals surface area (Å²) in [6, 6.07) is 21.8. The van der Waals surface area contributed by atoms with E-state index in [9.17, 15) is 13.2 Å². The smallest absolute Gasteiger partial charge is 0.261 e. The number of fused-ring (bicyclic) bond motifs is 3. The van der Waals surface area contributed by atoms with Gasteiger partial charge in [-0.25, -0.2) is 8.42 Å². The molecule has 1 saturated heterocycles. The number of benzene rings is 3. The van der Waals surface area contributed by atoms with Crippen LogP contribution in [0.3, 0.4) is 0 Å². The molecule has 3 aromatic carbocycles. The number of ketones is 1. The van der Waals surface area contributed by atoms with Crippen molar-refractivity contribution in [3.05, 3.63) is 89.5 Å². The van der Waals surface area contributed by atoms with E-state index >= 15 is 0 Å². The molecule has 2 heterocycles. The molecular formula is C27H28N2O4S. The standard InChI is InChI=1S/C27H28N2O4S/c1-17(2)26(30)19-10-8-18(9-11-19)25-22-14-15-33-27(22)23-16-21(12-13-24(23)28-25)34(31,32)29-20-6-4-3-5-7-20/h3-13,16-17,22,25,27-29H,14-15H2,1-2H3. The summed E-state index contributed by atoms with van der Waals surface area (Å²) in [6.45, 7) is 4.43. The van der Waals surface area contributed by atoms with E-state index in [-0.39, 0.29) is 34.7 Å². The number of anilines is 2. The molecule has 5 rings (SSSR count). The lowest BCUT2D eigenvalue weighted by Crippen LogP contribution is -2.29. The molecule has 0 aliphatic carbocycles. The maximum atomic E-state index is 13.0. The molecule has 3 unspecified atom stereocenters. The maximum absolute atomic E-state index is 13.0. The lowest BCUT2D eigenvalue weighted by Gasteiger charge is -2.36. The van der Waals surface area contributed by atoms with Gasteiger partial charge in [-0.3, -0.25) is 9.52 Å². The lowest BCUT2D eigenvalue weighted by atomic mass is 9.81. The summed E-state index contributed by atoms with van der Waals surface area (Å²) in [6.07, 6.45) is 0.679. The molecule has 0 radical (unpaired) electrons. The van der Waals surface area contributed by atoms with Crippen molar-refractivity contribution in [2.24, 2.45) is 11.8 Å². The monoisotopic (exact) mass is 476 g/mol. The van der Waals surface area contributed by atoms with Gasteiger partial charge in [0.1, 0.15) is 0 Å². The summed E-state index contributed by atoms with van der Waals surface area (Å²) in [5.41, 5.74) is 4.06. The second kappa shape index (κ2) is 8.89. The van der Waals surface area contributed by atoms with Crippen LogP contribution in [0, 0.1) is 11.8 Å². The van der Waals surface area contributed by atoms with Gasteiger partial charge in [-0.1, -0.05) is 56.3 Å². The highest BCUT2D eigenvalue weighted by Crippen LogP contribution is 2.50. The predicted octanol–water partition coefficient (Wildman–Crippen LogP) is 5.57. The highest BCUT2D eigenvalue weighted by molar-refractivity contribution is 7.92. The Morgan fingerprint density at radius 3 is 2.47 bits per heavy atom. The molecule has 0 spiro atoms. The minimum Gasteiger partial charge on any atom is -0.378 e. The largest absolute Gasteiger partial charge is 0.378 e. The Hall–Kier alpha value is -3.16. The topological polar surface area (TPSA) is 84.5 Å². The van der Waals surface area contributed by atoms with Gasteiger partial charge in [-0.05, 0) is 42.3 Å². The van der Waals surface area contributed by atoms with Crippen molar-refractivity contribution in [2.45, 2.75) is 37.3 Å². The van der Waals surface area contributed by atoms with Crippen LogP contribution >= 0.6 is 0 Å². The molecule has 34 heavy (non-hydrogen) atoms. The first-order valence-electron chi connectivity index (χ1n) is 11.6. The van der Waals surface area contributed by atoms with E-state index in [0.29, 0.717) is 12.3 Å². The van der Waals surface area contributed by atoms with Crippen LogP contribution < -0.4 is 10.0 Å². The van der Waals surface area contributed by atoms with E-state index in [1.54, 1.807) is 36.4 Å². The highest BCUT2D eigenvalue weighted by atomic mass is 32.2. The SMILES string of the molecule is CC(C)C(=O)c1ccc(C2Nc3ccc(S(=O)(=O)Nc4ccccc4)cc3C3OCCC23)cc1. The number of rotatable bonds is 6. The van der Waals surface area contributed by atoms with Crippen LogP contribution in [0.5, 0.6) is 0 Å². The average Bonchev–Trinajstić information content (AvgIpc) is 3.33. The molecule has 176 valence electrons. The zero-order valence-corrected chi connectivity index (χ0v) is 20.0. The van der Waals surface area contributed by atoms with Crippen molar-refractivity contribution in [2.75, 3.05) is 16.6 Å². The van der Waals surface area contributed by atoms with Crippen molar-refractivity contribution in [3.63, 3.8) is 0 Å². The Morgan fingerprint density at radius 2 is 1.76 bits per heavy atom. The van der Waals surface area contributed by atoms with Crippen LogP contribution in [-0.2, 0) is 14.8 Å². The summed E-state index contributed by atoms with van der Waals surface area (Å²) in [5.74, 6) is 0.257. The summed E-state index contributed by atoms with van der Waals surface area (Å²) < 4.78 is 34.7. The second-order valence-corrected chi connectivity index (χ2v) is 10.9. The molecule has 3 aromatic rings. The molecule has 2 aliphatic heterocycles. The third-order valence-electron chi connectivity index (χ3n) is 6.62. The van der Waals surface area contributed by atoms with Crippen LogP contribution in [-0.4, -0.2) is 20.8 Å². The number of carbonyl (C=O) groups excluding carboxylic acids is 1. The number of para-hydroxylation sites is 1. The third-order valence-corrected chi connectivity index (χ3v) is 8.00. The van der Waals surface area contributed by atoms with Crippen LogP contribution in [0.25, 0.3) is 0 Å². The van der Waals surface area contributed by atoms with E-state index in [1.165, 1.54) is 0 Å². The van der Waals surface area contributed by atoms with Crippen molar-refractivity contribution < 1.29 is 17.9 Å². The maximum Gasteiger partial charge on any atom is 0.261 e. The van der Waals surface area contributed by atoms with Gasteiger partial charge in [0.15, 0.2) is 5.78 Å². The van der Waals surface area contributed by atoms with E-state index in [0.717, 1.165) is 28.8 Å². The molecule has 1 fully saturated rings.